The first-order chi connectivity index (χ1) is 16.2. The number of benzene rings is 1. The third-order valence-corrected chi connectivity index (χ3v) is 5.31. The van der Waals surface area contributed by atoms with E-state index < -0.39 is 0 Å². The molecule has 0 atom stereocenters. The van der Waals surface area contributed by atoms with Crippen molar-refractivity contribution < 1.29 is 9.21 Å². The molecule has 4 heterocycles. The van der Waals surface area contributed by atoms with Crippen LogP contribution in [0.5, 0.6) is 0 Å². The fourth-order valence-electron chi connectivity index (χ4n) is 3.63. The highest BCUT2D eigenvalue weighted by atomic mass is 16.3. The van der Waals surface area contributed by atoms with Crippen LogP contribution in [0.1, 0.15) is 21.7 Å². The zero-order valence-corrected chi connectivity index (χ0v) is 17.7. The lowest BCUT2D eigenvalue weighted by atomic mass is 10.1. The van der Waals surface area contributed by atoms with E-state index in [1.54, 1.807) is 42.8 Å². The molecular weight excluding hydrogens is 418 g/mol. The Hall–Kier alpha value is -4.46. The van der Waals surface area contributed by atoms with E-state index in [4.69, 9.17) is 4.42 Å². The van der Waals surface area contributed by atoms with Crippen LogP contribution in [0.25, 0.3) is 16.7 Å². The highest BCUT2D eigenvalue weighted by Gasteiger charge is 2.18. The van der Waals surface area contributed by atoms with Crippen LogP contribution in [0.4, 0.5) is 5.82 Å². The van der Waals surface area contributed by atoms with E-state index in [0.717, 1.165) is 12.0 Å². The van der Waals surface area contributed by atoms with Gasteiger partial charge < -0.3 is 15.1 Å². The monoisotopic (exact) mass is 439 g/mol. The summed E-state index contributed by atoms with van der Waals surface area (Å²) in [6, 6.07) is 20.4. The van der Waals surface area contributed by atoms with Gasteiger partial charge in [-0.3, -0.25) is 14.0 Å². The van der Waals surface area contributed by atoms with Gasteiger partial charge in [-0.1, -0.05) is 36.4 Å². The smallest absolute Gasteiger partial charge is 0.267 e. The lowest BCUT2D eigenvalue weighted by Gasteiger charge is -2.13. The number of fused-ring (bicyclic) bond motifs is 2. The first-order valence-electron chi connectivity index (χ1n) is 10.6. The number of carbonyl (C=O) groups is 1. The minimum Gasteiger partial charge on any atom is -0.467 e. The predicted octanol–water partition coefficient (Wildman–Crippen LogP) is 3.42. The van der Waals surface area contributed by atoms with Crippen LogP contribution < -0.4 is 16.2 Å². The van der Waals surface area contributed by atoms with Gasteiger partial charge in [0.2, 0.25) is 0 Å². The molecule has 4 aromatic heterocycles. The number of nitrogens with one attached hydrogen (secondary N) is 2. The summed E-state index contributed by atoms with van der Waals surface area (Å²) in [5.74, 6) is 0.645. The van der Waals surface area contributed by atoms with Gasteiger partial charge in [-0.2, -0.15) is 0 Å². The van der Waals surface area contributed by atoms with Gasteiger partial charge in [-0.25, -0.2) is 9.97 Å². The largest absolute Gasteiger partial charge is 0.467 e. The van der Waals surface area contributed by atoms with Gasteiger partial charge in [0.1, 0.15) is 17.2 Å². The van der Waals surface area contributed by atoms with Crippen molar-refractivity contribution in [3.05, 3.63) is 106 Å². The third kappa shape index (κ3) is 4.31. The zero-order valence-electron chi connectivity index (χ0n) is 17.7. The molecule has 0 aliphatic rings. The maximum atomic E-state index is 13.1. The second-order valence-corrected chi connectivity index (χ2v) is 7.53. The molecule has 164 valence electrons. The van der Waals surface area contributed by atoms with Crippen molar-refractivity contribution in [3.63, 3.8) is 0 Å². The average molecular weight is 439 g/mol. The van der Waals surface area contributed by atoms with Crippen LogP contribution >= 0.6 is 0 Å². The maximum absolute atomic E-state index is 13.1. The quantitative estimate of drug-likeness (QED) is 0.377. The molecule has 1 amide bonds. The number of rotatable bonds is 7. The van der Waals surface area contributed by atoms with Crippen molar-refractivity contribution in [3.8, 4) is 0 Å². The summed E-state index contributed by atoms with van der Waals surface area (Å²) >= 11 is 0. The molecule has 1 aromatic carbocycles. The number of anilines is 1. The molecule has 0 unspecified atom stereocenters. The molecule has 0 aliphatic carbocycles. The van der Waals surface area contributed by atoms with E-state index in [0.29, 0.717) is 23.8 Å². The lowest BCUT2D eigenvalue weighted by Crippen LogP contribution is -2.25. The van der Waals surface area contributed by atoms with Gasteiger partial charge in [0, 0.05) is 12.7 Å². The molecular formula is C25H21N5O3. The second-order valence-electron chi connectivity index (χ2n) is 7.53. The molecule has 0 spiro atoms. The van der Waals surface area contributed by atoms with Crippen molar-refractivity contribution in [2.24, 2.45) is 0 Å². The van der Waals surface area contributed by atoms with Crippen LogP contribution in [0.15, 0.2) is 88.4 Å². The van der Waals surface area contributed by atoms with Crippen molar-refractivity contribution in [1.29, 1.82) is 0 Å². The van der Waals surface area contributed by atoms with Gasteiger partial charge in [-0.05, 0) is 42.3 Å². The number of hydrogen-bond acceptors (Lipinski definition) is 6. The highest BCUT2D eigenvalue weighted by molar-refractivity contribution is 6.01. The van der Waals surface area contributed by atoms with Gasteiger partial charge in [0.05, 0.1) is 23.8 Å². The molecule has 0 radical (unpaired) electrons. The normalized spacial score (nSPS) is 11.0. The molecule has 0 aliphatic heterocycles. The van der Waals surface area contributed by atoms with Crippen LogP contribution in [0.2, 0.25) is 0 Å². The number of furan rings is 1. The number of carbonyl (C=O) groups excluding carboxylic acids is 1. The Morgan fingerprint density at radius 2 is 1.85 bits per heavy atom. The van der Waals surface area contributed by atoms with Crippen molar-refractivity contribution in [2.45, 2.75) is 13.0 Å². The van der Waals surface area contributed by atoms with Gasteiger partial charge in [-0.15, -0.1) is 0 Å². The van der Waals surface area contributed by atoms with E-state index in [-0.39, 0.29) is 34.6 Å². The highest BCUT2D eigenvalue weighted by Crippen LogP contribution is 2.19. The Morgan fingerprint density at radius 3 is 2.67 bits per heavy atom. The second kappa shape index (κ2) is 8.96. The average Bonchev–Trinajstić information content (AvgIpc) is 3.37. The maximum Gasteiger partial charge on any atom is 0.267 e. The topological polar surface area (TPSA) is 102 Å². The predicted molar refractivity (Wildman–Crippen MR) is 125 cm³/mol. The minimum atomic E-state index is -0.361. The number of aromatic nitrogens is 3. The summed E-state index contributed by atoms with van der Waals surface area (Å²) in [6.45, 7) is 0.788. The third-order valence-electron chi connectivity index (χ3n) is 5.31. The number of nitrogens with zero attached hydrogens (tertiary/aromatic N) is 3. The Labute approximate surface area is 188 Å². The Morgan fingerprint density at radius 1 is 1.00 bits per heavy atom. The van der Waals surface area contributed by atoms with Crippen molar-refractivity contribution >= 4 is 28.4 Å². The van der Waals surface area contributed by atoms with Crippen LogP contribution in [-0.4, -0.2) is 26.8 Å². The minimum absolute atomic E-state index is 0.224. The Kier molecular flexibility index (Phi) is 5.55. The molecule has 8 heteroatoms. The molecule has 33 heavy (non-hydrogen) atoms. The standard InChI is InChI=1S/C25H21N5O3/c31-24(27-16-18-9-6-14-33-18)19-15-20-23(28-21-10-4-5-13-30(21)25(20)32)29-22(19)26-12-11-17-7-2-1-3-8-17/h1-10,13-15H,11-12,16H2,(H,26,29)(H,27,31). The summed E-state index contributed by atoms with van der Waals surface area (Å²) < 4.78 is 6.73. The molecule has 0 fully saturated rings. The van der Waals surface area contributed by atoms with Gasteiger partial charge in [0.25, 0.3) is 11.5 Å². The molecule has 2 N–H and O–H groups in total. The first kappa shape index (κ1) is 20.4. The van der Waals surface area contributed by atoms with E-state index in [9.17, 15) is 9.59 Å². The zero-order chi connectivity index (χ0) is 22.6. The lowest BCUT2D eigenvalue weighted by molar-refractivity contribution is 0.0948. The van der Waals surface area contributed by atoms with Crippen LogP contribution in [-0.2, 0) is 13.0 Å². The number of hydrogen-bond donors (Lipinski definition) is 2. The van der Waals surface area contributed by atoms with Crippen LogP contribution in [0.3, 0.4) is 0 Å². The summed E-state index contributed by atoms with van der Waals surface area (Å²) in [5, 5.41) is 6.35. The van der Waals surface area contributed by atoms with Crippen molar-refractivity contribution in [2.75, 3.05) is 11.9 Å². The van der Waals surface area contributed by atoms with Crippen LogP contribution in [0, 0.1) is 0 Å². The Bertz CT molecular complexity index is 1480. The Balaban J connectivity index is 1.51. The summed E-state index contributed by atoms with van der Waals surface area (Å²) in [6.07, 6.45) is 3.95. The summed E-state index contributed by atoms with van der Waals surface area (Å²) in [4.78, 5) is 35.2. The summed E-state index contributed by atoms with van der Waals surface area (Å²) in [7, 11) is 0. The summed E-state index contributed by atoms with van der Waals surface area (Å²) in [5.41, 5.74) is 1.94. The number of amides is 1. The number of pyridine rings is 2. The van der Waals surface area contributed by atoms with Gasteiger partial charge >= 0.3 is 0 Å². The molecule has 5 rings (SSSR count). The van der Waals surface area contributed by atoms with E-state index in [1.807, 2.05) is 36.4 Å². The van der Waals surface area contributed by atoms with Gasteiger partial charge in [0.15, 0.2) is 5.65 Å². The van der Waals surface area contributed by atoms with E-state index in [2.05, 4.69) is 20.6 Å². The fourth-order valence-corrected chi connectivity index (χ4v) is 3.63. The molecule has 5 aromatic rings. The fraction of sp³-hybridized carbons (Fsp3) is 0.120. The van der Waals surface area contributed by atoms with E-state index >= 15 is 0 Å². The molecule has 0 saturated carbocycles. The van der Waals surface area contributed by atoms with E-state index in [1.165, 1.54) is 4.40 Å². The molecule has 0 bridgehead atoms. The SMILES string of the molecule is O=C(NCc1ccco1)c1cc2c(=O)n3ccccc3nc2nc1NCCc1ccccc1. The molecule has 0 saturated heterocycles. The van der Waals surface area contributed by atoms with Crippen molar-refractivity contribution in [1.82, 2.24) is 19.7 Å². The first-order valence-corrected chi connectivity index (χ1v) is 10.6. The molecule has 8 nitrogen and oxygen atoms in total.